The minimum Gasteiger partial charge on any atom is -0.461 e. The third-order valence-corrected chi connectivity index (χ3v) is 11.9. The van der Waals surface area contributed by atoms with E-state index in [1.807, 2.05) is 12.2 Å². The lowest BCUT2D eigenvalue weighted by molar-refractivity contribution is -0.162. The molecule has 0 aliphatic rings. The molecule has 0 aromatic heterocycles. The lowest BCUT2D eigenvalue weighted by Gasteiger charge is -2.18. The molecule has 5 nitrogen and oxygen atoms in total. The number of unbranched alkanes of at least 4 members (excludes halogenated alkanes) is 27. The van der Waals surface area contributed by atoms with Crippen molar-refractivity contribution in [1.82, 2.24) is 0 Å². The Kier molecular flexibility index (Phi) is 53.9. The van der Waals surface area contributed by atoms with Crippen molar-refractivity contribution < 1.29 is 23.8 Å². The quantitative estimate of drug-likeness (QED) is 0.0346. The zero-order valence-corrected chi connectivity index (χ0v) is 43.7. The van der Waals surface area contributed by atoms with Crippen LogP contribution in [0.25, 0.3) is 0 Å². The molecule has 0 amide bonds. The van der Waals surface area contributed by atoms with Gasteiger partial charge in [0.05, 0.1) is 13.0 Å². The first-order valence-electron chi connectivity index (χ1n) is 28.1. The summed E-state index contributed by atoms with van der Waals surface area (Å²) in [6.45, 7) is 7.61. The molecular formula is C61H106O5. The van der Waals surface area contributed by atoms with Gasteiger partial charge in [0.1, 0.15) is 6.61 Å². The first-order valence-corrected chi connectivity index (χ1v) is 28.1. The Morgan fingerprint density at radius 1 is 0.364 bits per heavy atom. The Morgan fingerprint density at radius 3 is 1.15 bits per heavy atom. The number of hydrogen-bond acceptors (Lipinski definition) is 5. The molecule has 0 aliphatic heterocycles. The van der Waals surface area contributed by atoms with Crippen molar-refractivity contribution in [1.29, 1.82) is 0 Å². The fraction of sp³-hybridized carbons (Fsp3) is 0.738. The fourth-order valence-corrected chi connectivity index (χ4v) is 7.75. The van der Waals surface area contributed by atoms with Crippen LogP contribution in [-0.4, -0.2) is 37.9 Å². The van der Waals surface area contributed by atoms with Gasteiger partial charge in [0, 0.05) is 13.0 Å². The number of ether oxygens (including phenoxy) is 3. The van der Waals surface area contributed by atoms with Crippen molar-refractivity contribution in [3.05, 3.63) is 85.1 Å². The molecule has 0 spiro atoms. The van der Waals surface area contributed by atoms with Gasteiger partial charge in [0.15, 0.2) is 6.10 Å². The van der Waals surface area contributed by atoms with Gasteiger partial charge in [0.25, 0.3) is 0 Å². The van der Waals surface area contributed by atoms with E-state index >= 15 is 0 Å². The Labute approximate surface area is 409 Å². The summed E-state index contributed by atoms with van der Waals surface area (Å²) in [7, 11) is 0. The van der Waals surface area contributed by atoms with Gasteiger partial charge in [-0.15, -0.1) is 0 Å². The molecule has 0 saturated heterocycles. The van der Waals surface area contributed by atoms with Gasteiger partial charge in [-0.3, -0.25) is 9.59 Å². The van der Waals surface area contributed by atoms with E-state index in [1.54, 1.807) is 0 Å². The van der Waals surface area contributed by atoms with Gasteiger partial charge in [0.2, 0.25) is 0 Å². The highest BCUT2D eigenvalue weighted by Gasteiger charge is 2.17. The summed E-state index contributed by atoms with van der Waals surface area (Å²) in [6.07, 6.45) is 74.9. The third-order valence-electron chi connectivity index (χ3n) is 11.9. The smallest absolute Gasteiger partial charge is 0.309 e. The van der Waals surface area contributed by atoms with Crippen molar-refractivity contribution in [3.8, 4) is 0 Å². The second kappa shape index (κ2) is 56.4. The number of allylic oxidation sites excluding steroid dienone is 13. The normalized spacial score (nSPS) is 12.8. The molecule has 5 heteroatoms. The number of carbonyl (C=O) groups excluding carboxylic acids is 2. The summed E-state index contributed by atoms with van der Waals surface area (Å²) in [6, 6.07) is 0. The highest BCUT2D eigenvalue weighted by atomic mass is 16.6. The van der Waals surface area contributed by atoms with E-state index < -0.39 is 6.10 Å². The van der Waals surface area contributed by atoms with Crippen molar-refractivity contribution in [2.45, 2.75) is 271 Å². The SMILES string of the molecule is CC/C=C\C/C=C\C/C=C\C/C=C\C/C=C\CC(=O)OCC(COCCCCCCCCCCCC/C=C\CCCCCCCC)OC(=O)CCCCCCC/C=C\CCCCCCCC. The molecule has 1 atom stereocenters. The highest BCUT2D eigenvalue weighted by molar-refractivity contribution is 5.71. The zero-order chi connectivity index (χ0) is 47.7. The van der Waals surface area contributed by atoms with E-state index in [0.717, 1.165) is 70.6 Å². The number of esters is 2. The minimum absolute atomic E-state index is 0.0254. The predicted molar refractivity (Wildman–Crippen MR) is 288 cm³/mol. The summed E-state index contributed by atoms with van der Waals surface area (Å²) in [5, 5.41) is 0. The van der Waals surface area contributed by atoms with Gasteiger partial charge < -0.3 is 14.2 Å². The monoisotopic (exact) mass is 919 g/mol. The lowest BCUT2D eigenvalue weighted by atomic mass is 10.1. The van der Waals surface area contributed by atoms with Crippen LogP contribution >= 0.6 is 0 Å². The summed E-state index contributed by atoms with van der Waals surface area (Å²) < 4.78 is 17.3. The molecular weight excluding hydrogens is 813 g/mol. The fourth-order valence-electron chi connectivity index (χ4n) is 7.75. The predicted octanol–water partition coefficient (Wildman–Crippen LogP) is 19.2. The van der Waals surface area contributed by atoms with Crippen LogP contribution in [0.4, 0.5) is 0 Å². The molecule has 0 saturated carbocycles. The van der Waals surface area contributed by atoms with E-state index in [0.29, 0.717) is 13.0 Å². The van der Waals surface area contributed by atoms with Crippen LogP contribution in [-0.2, 0) is 23.8 Å². The Morgan fingerprint density at radius 2 is 0.727 bits per heavy atom. The van der Waals surface area contributed by atoms with Crippen molar-refractivity contribution in [2.24, 2.45) is 0 Å². The van der Waals surface area contributed by atoms with Crippen LogP contribution < -0.4 is 0 Å². The number of carbonyl (C=O) groups is 2. The molecule has 0 radical (unpaired) electrons. The highest BCUT2D eigenvalue weighted by Crippen LogP contribution is 2.14. The van der Waals surface area contributed by atoms with Crippen LogP contribution in [0.2, 0.25) is 0 Å². The standard InChI is InChI=1S/C61H106O5/c1-4-7-10-13-16-19-22-25-28-29-30-31-32-35-38-41-44-47-50-53-56-64-57-59(66-61(63)55-52-49-46-43-40-37-34-27-24-21-18-15-12-9-6-3)58-65-60(62)54-51-48-45-42-39-36-33-26-23-20-17-14-11-8-5-2/h8,11,17,20,25-28,33-34,39,42,48,51,59H,4-7,9-10,12-16,18-19,21-24,29-32,35-38,40-41,43-47,49-50,52-58H2,1-3H3/b11-8-,20-17-,28-25-,33-26-,34-27-,42-39-,51-48-. The molecule has 0 rings (SSSR count). The van der Waals surface area contributed by atoms with Gasteiger partial charge in [-0.25, -0.2) is 0 Å². The van der Waals surface area contributed by atoms with Crippen molar-refractivity contribution >= 4 is 11.9 Å². The maximum Gasteiger partial charge on any atom is 0.309 e. The third kappa shape index (κ3) is 53.7. The second-order valence-corrected chi connectivity index (χ2v) is 18.5. The van der Waals surface area contributed by atoms with Crippen LogP contribution in [0.3, 0.4) is 0 Å². The number of hydrogen-bond donors (Lipinski definition) is 0. The van der Waals surface area contributed by atoms with Crippen LogP contribution in [0.5, 0.6) is 0 Å². The first-order chi connectivity index (χ1) is 32.6. The Hall–Kier alpha value is -2.92. The molecule has 1 unspecified atom stereocenters. The molecule has 66 heavy (non-hydrogen) atoms. The van der Waals surface area contributed by atoms with Gasteiger partial charge in [-0.1, -0.05) is 241 Å². The molecule has 0 N–H and O–H groups in total. The summed E-state index contributed by atoms with van der Waals surface area (Å²) in [5.74, 6) is -0.549. The van der Waals surface area contributed by atoms with E-state index in [-0.39, 0.29) is 31.6 Å². The van der Waals surface area contributed by atoms with Crippen LogP contribution in [0.1, 0.15) is 265 Å². The molecule has 0 aromatic carbocycles. The lowest BCUT2D eigenvalue weighted by Crippen LogP contribution is -2.30. The Bertz CT molecular complexity index is 1220. The largest absolute Gasteiger partial charge is 0.461 e. The zero-order valence-electron chi connectivity index (χ0n) is 43.7. The van der Waals surface area contributed by atoms with E-state index in [2.05, 4.69) is 93.7 Å². The summed E-state index contributed by atoms with van der Waals surface area (Å²) in [4.78, 5) is 25.4. The topological polar surface area (TPSA) is 61.8 Å². The van der Waals surface area contributed by atoms with E-state index in [1.165, 1.54) is 161 Å². The van der Waals surface area contributed by atoms with Gasteiger partial charge in [-0.2, -0.15) is 0 Å². The Balaban J connectivity index is 4.36. The molecule has 0 aliphatic carbocycles. The van der Waals surface area contributed by atoms with Crippen LogP contribution in [0, 0.1) is 0 Å². The van der Waals surface area contributed by atoms with Crippen LogP contribution in [0.15, 0.2) is 85.1 Å². The summed E-state index contributed by atoms with van der Waals surface area (Å²) in [5.41, 5.74) is 0. The van der Waals surface area contributed by atoms with Gasteiger partial charge >= 0.3 is 11.9 Å². The molecule has 0 heterocycles. The minimum atomic E-state index is -0.584. The molecule has 0 fully saturated rings. The second-order valence-electron chi connectivity index (χ2n) is 18.5. The van der Waals surface area contributed by atoms with Crippen molar-refractivity contribution in [2.75, 3.05) is 19.8 Å². The molecule has 380 valence electrons. The van der Waals surface area contributed by atoms with Gasteiger partial charge in [-0.05, 0) is 96.3 Å². The average Bonchev–Trinajstić information content (AvgIpc) is 3.32. The maximum absolute atomic E-state index is 12.8. The molecule has 0 bridgehead atoms. The van der Waals surface area contributed by atoms with Crippen molar-refractivity contribution in [3.63, 3.8) is 0 Å². The first kappa shape index (κ1) is 63.1. The van der Waals surface area contributed by atoms with E-state index in [9.17, 15) is 9.59 Å². The average molecular weight is 920 g/mol. The van der Waals surface area contributed by atoms with E-state index in [4.69, 9.17) is 14.2 Å². The summed E-state index contributed by atoms with van der Waals surface area (Å²) >= 11 is 0. The number of rotatable bonds is 51. The maximum atomic E-state index is 12.8. The molecule has 0 aromatic rings.